The van der Waals surface area contributed by atoms with Crippen LogP contribution in [0.2, 0.25) is 0 Å². The molecule has 2 heteroatoms. The zero-order valence-corrected chi connectivity index (χ0v) is 21.1. The molecule has 2 nitrogen and oxygen atoms in total. The van der Waals surface area contributed by atoms with Crippen molar-refractivity contribution in [3.05, 3.63) is 137 Å². The van der Waals surface area contributed by atoms with Crippen LogP contribution in [0, 0.1) is 11.3 Å². The van der Waals surface area contributed by atoms with E-state index in [4.69, 9.17) is 0 Å². The van der Waals surface area contributed by atoms with Crippen molar-refractivity contribution >= 4 is 29.1 Å². The number of anilines is 2. The SMILES string of the molecule is C/C(C#N)=C/c1ccc2c(c1)C1CCCC1N2c1ccc(C=C(c2ccccc2)c2ccccc2)cc1. The van der Waals surface area contributed by atoms with E-state index in [2.05, 4.69) is 120 Å². The minimum absolute atomic E-state index is 0.511. The van der Waals surface area contributed by atoms with Crippen LogP contribution in [-0.2, 0) is 0 Å². The summed E-state index contributed by atoms with van der Waals surface area (Å²) in [5.74, 6) is 0.563. The molecule has 0 aromatic heterocycles. The fourth-order valence-electron chi connectivity index (χ4n) is 6.05. The first-order valence-corrected chi connectivity index (χ1v) is 13.2. The van der Waals surface area contributed by atoms with E-state index in [1.807, 2.05) is 13.0 Å². The lowest BCUT2D eigenvalue weighted by Crippen LogP contribution is -2.26. The van der Waals surface area contributed by atoms with Crippen molar-refractivity contribution in [3.63, 3.8) is 0 Å². The second-order valence-electron chi connectivity index (χ2n) is 10.1. The molecule has 0 radical (unpaired) electrons. The van der Waals surface area contributed by atoms with Gasteiger partial charge in [0.05, 0.1) is 6.07 Å². The third-order valence-electron chi connectivity index (χ3n) is 7.73. The van der Waals surface area contributed by atoms with Crippen molar-refractivity contribution in [2.45, 2.75) is 38.1 Å². The largest absolute Gasteiger partial charge is 0.338 e. The summed E-state index contributed by atoms with van der Waals surface area (Å²) in [6.07, 6.45) is 8.00. The number of nitriles is 1. The van der Waals surface area contributed by atoms with Crippen LogP contribution in [0.25, 0.3) is 17.7 Å². The van der Waals surface area contributed by atoms with Gasteiger partial charge in [-0.3, -0.25) is 0 Å². The van der Waals surface area contributed by atoms with Crippen LogP contribution in [0.4, 0.5) is 11.4 Å². The predicted octanol–water partition coefficient (Wildman–Crippen LogP) is 8.99. The van der Waals surface area contributed by atoms with Crippen LogP contribution >= 0.6 is 0 Å². The molecular weight excluding hydrogens is 448 g/mol. The Morgan fingerprint density at radius 2 is 1.43 bits per heavy atom. The maximum atomic E-state index is 9.21. The third-order valence-corrected chi connectivity index (χ3v) is 7.73. The van der Waals surface area contributed by atoms with Crippen molar-refractivity contribution in [1.82, 2.24) is 0 Å². The summed E-state index contributed by atoms with van der Waals surface area (Å²) in [7, 11) is 0. The highest BCUT2D eigenvalue weighted by molar-refractivity contribution is 5.91. The Labute approximate surface area is 219 Å². The molecule has 37 heavy (non-hydrogen) atoms. The van der Waals surface area contributed by atoms with E-state index < -0.39 is 0 Å². The summed E-state index contributed by atoms with van der Waals surface area (Å²) in [6, 6.07) is 39.7. The summed E-state index contributed by atoms with van der Waals surface area (Å²) in [5.41, 5.74) is 10.7. The summed E-state index contributed by atoms with van der Waals surface area (Å²) in [4.78, 5) is 2.56. The molecule has 180 valence electrons. The molecule has 1 aliphatic carbocycles. The Balaban J connectivity index is 1.35. The van der Waals surface area contributed by atoms with E-state index >= 15 is 0 Å². The van der Waals surface area contributed by atoms with Crippen molar-refractivity contribution in [2.24, 2.45) is 0 Å². The van der Waals surface area contributed by atoms with Crippen molar-refractivity contribution in [2.75, 3.05) is 4.90 Å². The van der Waals surface area contributed by atoms with Crippen LogP contribution in [0.5, 0.6) is 0 Å². The Morgan fingerprint density at radius 3 is 2.08 bits per heavy atom. The highest BCUT2D eigenvalue weighted by atomic mass is 15.2. The first-order valence-electron chi connectivity index (χ1n) is 13.2. The van der Waals surface area contributed by atoms with Crippen molar-refractivity contribution < 1.29 is 0 Å². The zero-order chi connectivity index (χ0) is 25.2. The van der Waals surface area contributed by atoms with E-state index in [-0.39, 0.29) is 0 Å². The molecule has 2 aliphatic rings. The number of nitrogens with zero attached hydrogens (tertiary/aromatic N) is 2. The molecule has 0 bridgehead atoms. The van der Waals surface area contributed by atoms with Crippen LogP contribution in [-0.4, -0.2) is 6.04 Å². The van der Waals surface area contributed by atoms with Gasteiger partial charge in [0.1, 0.15) is 0 Å². The quantitative estimate of drug-likeness (QED) is 0.211. The second kappa shape index (κ2) is 9.96. The number of hydrogen-bond acceptors (Lipinski definition) is 2. The number of benzene rings is 4. The molecule has 0 saturated heterocycles. The van der Waals surface area contributed by atoms with E-state index in [0.717, 1.165) is 11.1 Å². The predicted molar refractivity (Wildman–Crippen MR) is 155 cm³/mol. The number of hydrogen-bond donors (Lipinski definition) is 0. The third kappa shape index (κ3) is 4.50. The highest BCUT2D eigenvalue weighted by Crippen LogP contribution is 2.52. The van der Waals surface area contributed by atoms with Gasteiger partial charge in [0, 0.05) is 28.9 Å². The molecule has 4 aromatic carbocycles. The smallest absolute Gasteiger partial charge is 0.0944 e. The van der Waals surface area contributed by atoms with Gasteiger partial charge in [-0.05, 0) is 89.6 Å². The van der Waals surface area contributed by atoms with Gasteiger partial charge in [-0.1, -0.05) is 85.3 Å². The molecule has 6 rings (SSSR count). The van der Waals surface area contributed by atoms with Gasteiger partial charge in [0.25, 0.3) is 0 Å². The van der Waals surface area contributed by atoms with E-state index in [1.54, 1.807) is 0 Å². The Bertz CT molecular complexity index is 1460. The molecule has 1 heterocycles. The zero-order valence-electron chi connectivity index (χ0n) is 21.1. The lowest BCUT2D eigenvalue weighted by atomic mass is 9.95. The van der Waals surface area contributed by atoms with Crippen LogP contribution < -0.4 is 4.90 Å². The van der Waals surface area contributed by atoms with E-state index in [0.29, 0.717) is 12.0 Å². The Hall–Kier alpha value is -4.35. The monoisotopic (exact) mass is 478 g/mol. The Morgan fingerprint density at radius 1 is 0.784 bits per heavy atom. The molecule has 2 atom stereocenters. The number of rotatable bonds is 5. The Kier molecular flexibility index (Phi) is 6.21. The molecule has 0 spiro atoms. The van der Waals surface area contributed by atoms with Gasteiger partial charge >= 0.3 is 0 Å². The van der Waals surface area contributed by atoms with Gasteiger partial charge in [-0.15, -0.1) is 0 Å². The molecule has 4 aromatic rings. The minimum atomic E-state index is 0.511. The van der Waals surface area contributed by atoms with Gasteiger partial charge in [0.15, 0.2) is 0 Å². The topological polar surface area (TPSA) is 27.0 Å². The van der Waals surface area contributed by atoms with E-state index in [1.165, 1.54) is 58.5 Å². The summed E-state index contributed by atoms with van der Waals surface area (Å²) in [6.45, 7) is 1.87. The molecule has 2 unspecified atom stereocenters. The molecular formula is C35H30N2. The lowest BCUT2D eigenvalue weighted by Gasteiger charge is -2.27. The van der Waals surface area contributed by atoms with Crippen molar-refractivity contribution in [1.29, 1.82) is 5.26 Å². The van der Waals surface area contributed by atoms with Crippen molar-refractivity contribution in [3.8, 4) is 6.07 Å². The van der Waals surface area contributed by atoms with Crippen LogP contribution in [0.15, 0.2) is 109 Å². The average Bonchev–Trinajstić information content (AvgIpc) is 3.54. The molecule has 1 aliphatic heterocycles. The van der Waals surface area contributed by atoms with Gasteiger partial charge < -0.3 is 4.90 Å². The second-order valence-corrected chi connectivity index (χ2v) is 10.1. The van der Waals surface area contributed by atoms with E-state index in [9.17, 15) is 5.26 Å². The summed E-state index contributed by atoms with van der Waals surface area (Å²) < 4.78 is 0. The first-order chi connectivity index (χ1) is 18.2. The summed E-state index contributed by atoms with van der Waals surface area (Å²) >= 11 is 0. The minimum Gasteiger partial charge on any atom is -0.338 e. The summed E-state index contributed by atoms with van der Waals surface area (Å²) in [5, 5.41) is 9.21. The normalized spacial score (nSPS) is 18.2. The van der Waals surface area contributed by atoms with Crippen LogP contribution in [0.1, 0.15) is 59.9 Å². The van der Waals surface area contributed by atoms with Gasteiger partial charge in [-0.25, -0.2) is 0 Å². The average molecular weight is 479 g/mol. The fraction of sp³-hybridized carbons (Fsp3) is 0.171. The van der Waals surface area contributed by atoms with Gasteiger partial charge in [0.2, 0.25) is 0 Å². The first kappa shape index (κ1) is 23.1. The fourth-order valence-corrected chi connectivity index (χ4v) is 6.05. The molecule has 0 N–H and O–H groups in total. The maximum absolute atomic E-state index is 9.21. The number of fused-ring (bicyclic) bond motifs is 3. The molecule has 0 amide bonds. The molecule has 1 fully saturated rings. The van der Waals surface area contributed by atoms with Gasteiger partial charge in [-0.2, -0.15) is 5.26 Å². The molecule has 1 saturated carbocycles. The highest BCUT2D eigenvalue weighted by Gasteiger charge is 2.42. The maximum Gasteiger partial charge on any atom is 0.0944 e. The standard InChI is InChI=1S/C35H30N2/c1-25(24-36)21-27-17-20-35-33(23-27)31-13-8-14-34(31)37(35)30-18-15-26(16-19-30)22-32(28-9-4-2-5-10-28)29-11-6-3-7-12-29/h2-7,9-12,15-23,31,34H,8,13-14H2,1H3/b25-21-. The lowest BCUT2D eigenvalue weighted by molar-refractivity contribution is 0.642. The van der Waals surface area contributed by atoms with Crippen LogP contribution in [0.3, 0.4) is 0 Å². The number of allylic oxidation sites excluding steroid dienone is 1.